The Bertz CT molecular complexity index is 379. The molecule has 1 aromatic carbocycles. The van der Waals surface area contributed by atoms with E-state index in [9.17, 15) is 4.79 Å². The van der Waals surface area contributed by atoms with Gasteiger partial charge in [-0.1, -0.05) is 44.2 Å². The molecule has 0 saturated heterocycles. The summed E-state index contributed by atoms with van der Waals surface area (Å²) < 4.78 is 10.4. The zero-order valence-electron chi connectivity index (χ0n) is 12.4. The third-order valence-corrected chi connectivity index (χ3v) is 2.83. The Morgan fingerprint density at radius 3 is 2.55 bits per heavy atom. The average Bonchev–Trinajstić information content (AvgIpc) is 2.45. The third-order valence-electron chi connectivity index (χ3n) is 2.83. The summed E-state index contributed by atoms with van der Waals surface area (Å²) in [5, 5.41) is 0. The summed E-state index contributed by atoms with van der Waals surface area (Å²) in [6.45, 7) is 5.62. The Kier molecular flexibility index (Phi) is 7.92. The molecule has 0 aliphatic carbocycles. The molecule has 20 heavy (non-hydrogen) atoms. The largest absolute Gasteiger partial charge is 0.463 e. The summed E-state index contributed by atoms with van der Waals surface area (Å²) in [6, 6.07) is 9.65. The minimum Gasteiger partial charge on any atom is -0.463 e. The van der Waals surface area contributed by atoms with Crippen molar-refractivity contribution in [2.45, 2.75) is 32.7 Å². The van der Waals surface area contributed by atoms with E-state index in [1.165, 1.54) is 0 Å². The fourth-order valence-electron chi connectivity index (χ4n) is 1.75. The maximum Gasteiger partial charge on any atom is 0.305 e. The van der Waals surface area contributed by atoms with Crippen molar-refractivity contribution in [3.8, 4) is 0 Å². The molecule has 112 valence electrons. The van der Waals surface area contributed by atoms with Crippen molar-refractivity contribution >= 4 is 5.97 Å². The Morgan fingerprint density at radius 2 is 1.90 bits per heavy atom. The first-order valence-electron chi connectivity index (χ1n) is 7.13. The molecular weight excluding hydrogens is 254 g/mol. The van der Waals surface area contributed by atoms with Gasteiger partial charge in [0.05, 0.1) is 6.61 Å². The number of nitrogens with two attached hydrogens (primary N) is 1. The van der Waals surface area contributed by atoms with Crippen molar-refractivity contribution < 1.29 is 14.3 Å². The fourth-order valence-corrected chi connectivity index (χ4v) is 1.75. The summed E-state index contributed by atoms with van der Waals surface area (Å²) >= 11 is 0. The molecule has 0 heterocycles. The van der Waals surface area contributed by atoms with Gasteiger partial charge in [-0.15, -0.1) is 0 Å². The van der Waals surface area contributed by atoms with Crippen molar-refractivity contribution in [3.63, 3.8) is 0 Å². The van der Waals surface area contributed by atoms with Gasteiger partial charge in [0, 0.05) is 19.1 Å². The van der Waals surface area contributed by atoms with E-state index in [2.05, 4.69) is 13.8 Å². The SMILES string of the molecule is CC(C)COCCOC(=O)CCC(N)c1ccccc1. The second-order valence-corrected chi connectivity index (χ2v) is 5.25. The van der Waals surface area contributed by atoms with Crippen LogP contribution in [0.5, 0.6) is 0 Å². The highest BCUT2D eigenvalue weighted by Crippen LogP contribution is 2.15. The van der Waals surface area contributed by atoms with Crippen LogP contribution in [0.1, 0.15) is 38.3 Å². The van der Waals surface area contributed by atoms with Crippen molar-refractivity contribution in [2.24, 2.45) is 11.7 Å². The zero-order chi connectivity index (χ0) is 14.8. The van der Waals surface area contributed by atoms with Crippen molar-refractivity contribution in [3.05, 3.63) is 35.9 Å². The van der Waals surface area contributed by atoms with E-state index < -0.39 is 0 Å². The zero-order valence-corrected chi connectivity index (χ0v) is 12.4. The Morgan fingerprint density at radius 1 is 1.20 bits per heavy atom. The quantitative estimate of drug-likeness (QED) is 0.557. The van der Waals surface area contributed by atoms with Gasteiger partial charge in [-0.25, -0.2) is 0 Å². The van der Waals surface area contributed by atoms with E-state index in [1.54, 1.807) is 0 Å². The van der Waals surface area contributed by atoms with E-state index in [-0.39, 0.29) is 12.0 Å². The van der Waals surface area contributed by atoms with Crippen LogP contribution in [0.4, 0.5) is 0 Å². The topological polar surface area (TPSA) is 61.5 Å². The molecule has 0 aliphatic heterocycles. The van der Waals surface area contributed by atoms with Crippen molar-refractivity contribution in [2.75, 3.05) is 19.8 Å². The van der Waals surface area contributed by atoms with Gasteiger partial charge < -0.3 is 15.2 Å². The molecule has 1 aromatic rings. The number of ether oxygens (including phenoxy) is 2. The van der Waals surface area contributed by atoms with E-state index >= 15 is 0 Å². The number of hydrogen-bond donors (Lipinski definition) is 1. The highest BCUT2D eigenvalue weighted by Gasteiger charge is 2.09. The van der Waals surface area contributed by atoms with Crippen LogP contribution in [-0.2, 0) is 14.3 Å². The Balaban J connectivity index is 2.11. The molecule has 4 heteroatoms. The van der Waals surface area contributed by atoms with Gasteiger partial charge in [-0.3, -0.25) is 4.79 Å². The van der Waals surface area contributed by atoms with Crippen LogP contribution < -0.4 is 5.73 Å². The molecule has 1 atom stereocenters. The van der Waals surface area contributed by atoms with Gasteiger partial charge in [-0.05, 0) is 17.9 Å². The molecule has 0 amide bonds. The lowest BCUT2D eigenvalue weighted by molar-refractivity contribution is -0.145. The molecular formula is C16H25NO3. The fraction of sp³-hybridized carbons (Fsp3) is 0.562. The minimum atomic E-state index is -0.218. The van der Waals surface area contributed by atoms with Crippen LogP contribution in [0.25, 0.3) is 0 Å². The van der Waals surface area contributed by atoms with E-state index in [4.69, 9.17) is 15.2 Å². The first-order valence-corrected chi connectivity index (χ1v) is 7.13. The molecule has 0 spiro atoms. The Hall–Kier alpha value is -1.39. The van der Waals surface area contributed by atoms with E-state index in [1.807, 2.05) is 30.3 Å². The third kappa shape index (κ3) is 7.26. The molecule has 2 N–H and O–H groups in total. The molecule has 0 radical (unpaired) electrons. The molecule has 0 fully saturated rings. The van der Waals surface area contributed by atoms with Crippen LogP contribution in [0.15, 0.2) is 30.3 Å². The maximum absolute atomic E-state index is 11.5. The smallest absolute Gasteiger partial charge is 0.305 e. The molecule has 1 unspecified atom stereocenters. The monoisotopic (exact) mass is 279 g/mol. The molecule has 0 aliphatic rings. The molecule has 0 bridgehead atoms. The second-order valence-electron chi connectivity index (χ2n) is 5.25. The number of rotatable bonds is 9. The second kappa shape index (κ2) is 9.50. The van der Waals surface area contributed by atoms with Crippen LogP contribution in [0, 0.1) is 5.92 Å². The number of hydrogen-bond acceptors (Lipinski definition) is 4. The number of benzene rings is 1. The number of esters is 1. The summed E-state index contributed by atoms with van der Waals surface area (Å²) in [6.07, 6.45) is 0.927. The summed E-state index contributed by atoms with van der Waals surface area (Å²) in [4.78, 5) is 11.5. The molecule has 4 nitrogen and oxygen atoms in total. The van der Waals surface area contributed by atoms with Gasteiger partial charge in [0.15, 0.2) is 0 Å². The van der Waals surface area contributed by atoms with Gasteiger partial charge in [0.2, 0.25) is 0 Å². The number of carbonyl (C=O) groups is 1. The highest BCUT2D eigenvalue weighted by molar-refractivity contribution is 5.69. The summed E-state index contributed by atoms with van der Waals surface area (Å²) in [7, 11) is 0. The summed E-state index contributed by atoms with van der Waals surface area (Å²) in [5.41, 5.74) is 7.06. The lowest BCUT2D eigenvalue weighted by atomic mass is 10.0. The molecule has 0 saturated carbocycles. The van der Waals surface area contributed by atoms with Crippen LogP contribution in [0.2, 0.25) is 0 Å². The lowest BCUT2D eigenvalue weighted by Crippen LogP contribution is -2.16. The van der Waals surface area contributed by atoms with Crippen LogP contribution in [0.3, 0.4) is 0 Å². The van der Waals surface area contributed by atoms with Gasteiger partial charge >= 0.3 is 5.97 Å². The Labute approximate surface area is 121 Å². The molecule has 0 aromatic heterocycles. The van der Waals surface area contributed by atoms with Crippen LogP contribution in [-0.4, -0.2) is 25.8 Å². The van der Waals surface area contributed by atoms with Gasteiger partial charge in [-0.2, -0.15) is 0 Å². The predicted octanol–water partition coefficient (Wildman–Crippen LogP) is 2.68. The standard InChI is InChI=1S/C16H25NO3/c1-13(2)12-19-10-11-20-16(18)9-8-15(17)14-6-4-3-5-7-14/h3-7,13,15H,8-12,17H2,1-2H3. The van der Waals surface area contributed by atoms with Gasteiger partial charge in [0.25, 0.3) is 0 Å². The van der Waals surface area contributed by atoms with Crippen molar-refractivity contribution in [1.29, 1.82) is 0 Å². The average molecular weight is 279 g/mol. The summed E-state index contributed by atoms with van der Waals surface area (Å²) in [5.74, 6) is 0.277. The highest BCUT2D eigenvalue weighted by atomic mass is 16.6. The minimum absolute atomic E-state index is 0.124. The normalized spacial score (nSPS) is 12.4. The number of carbonyl (C=O) groups excluding carboxylic acids is 1. The first kappa shape index (κ1) is 16.7. The van der Waals surface area contributed by atoms with E-state index in [0.29, 0.717) is 38.6 Å². The van der Waals surface area contributed by atoms with Crippen LogP contribution >= 0.6 is 0 Å². The first-order chi connectivity index (χ1) is 9.59. The van der Waals surface area contributed by atoms with Crippen molar-refractivity contribution in [1.82, 2.24) is 0 Å². The predicted molar refractivity (Wildman–Crippen MR) is 79.2 cm³/mol. The maximum atomic E-state index is 11.5. The molecule has 1 rings (SSSR count). The van der Waals surface area contributed by atoms with E-state index in [0.717, 1.165) is 5.56 Å². The van der Waals surface area contributed by atoms with Gasteiger partial charge in [0.1, 0.15) is 6.61 Å². The lowest BCUT2D eigenvalue weighted by Gasteiger charge is -2.12.